The van der Waals surface area contributed by atoms with Crippen molar-refractivity contribution in [2.45, 2.75) is 76.7 Å². The lowest BCUT2D eigenvalue weighted by Crippen LogP contribution is -2.43. The van der Waals surface area contributed by atoms with Gasteiger partial charge in [-0.15, -0.1) is 24.0 Å². The minimum atomic E-state index is -0.539. The predicted octanol–water partition coefficient (Wildman–Crippen LogP) is 3.53. The summed E-state index contributed by atoms with van der Waals surface area (Å²) in [5, 5.41) is 14.0. The third-order valence-corrected chi connectivity index (χ3v) is 6.04. The Hall–Kier alpha value is -0.0400. The van der Waals surface area contributed by atoms with Crippen molar-refractivity contribution < 1.29 is 5.11 Å². The standard InChI is InChI=1S/C18H33N3O.HI/c1-2-19-16(20-14-18(22)10-6-7-11-18)21-13-12-17(15-21)8-4-3-5-9-17;/h22H,2-15H2,1H3,(H,19,20);1H. The highest BCUT2D eigenvalue weighted by Gasteiger charge is 2.40. The normalized spacial score (nSPS) is 26.3. The van der Waals surface area contributed by atoms with Crippen LogP contribution in [-0.4, -0.2) is 47.7 Å². The molecule has 0 aromatic heterocycles. The van der Waals surface area contributed by atoms with E-state index in [0.717, 1.165) is 51.3 Å². The van der Waals surface area contributed by atoms with Crippen molar-refractivity contribution in [3.05, 3.63) is 0 Å². The van der Waals surface area contributed by atoms with Gasteiger partial charge < -0.3 is 15.3 Å². The summed E-state index contributed by atoms with van der Waals surface area (Å²) < 4.78 is 0. The van der Waals surface area contributed by atoms with Crippen LogP contribution in [0, 0.1) is 5.41 Å². The number of guanidine groups is 1. The van der Waals surface area contributed by atoms with Crippen LogP contribution in [-0.2, 0) is 0 Å². The minimum absolute atomic E-state index is 0. The SMILES string of the molecule is CCNC(=NCC1(O)CCCC1)N1CCC2(CCCCC2)C1.I. The fourth-order valence-corrected chi connectivity index (χ4v) is 4.66. The summed E-state index contributed by atoms with van der Waals surface area (Å²) in [5.41, 5.74) is 0.0155. The van der Waals surface area contributed by atoms with Crippen molar-refractivity contribution in [2.75, 3.05) is 26.2 Å². The molecule has 0 radical (unpaired) electrons. The molecule has 0 unspecified atom stereocenters. The maximum Gasteiger partial charge on any atom is 0.194 e. The van der Waals surface area contributed by atoms with E-state index in [1.54, 1.807) is 0 Å². The smallest absolute Gasteiger partial charge is 0.194 e. The average Bonchev–Trinajstić information content (AvgIpc) is 3.12. The van der Waals surface area contributed by atoms with Gasteiger partial charge in [0.2, 0.25) is 0 Å². The molecule has 5 heteroatoms. The molecule has 1 spiro atoms. The number of hydrogen-bond donors (Lipinski definition) is 2. The summed E-state index contributed by atoms with van der Waals surface area (Å²) in [6.07, 6.45) is 12.5. The lowest BCUT2D eigenvalue weighted by molar-refractivity contribution is 0.0572. The van der Waals surface area contributed by atoms with E-state index in [2.05, 4.69) is 17.1 Å². The molecule has 2 N–H and O–H groups in total. The quantitative estimate of drug-likeness (QED) is 0.405. The maximum atomic E-state index is 10.5. The van der Waals surface area contributed by atoms with E-state index >= 15 is 0 Å². The maximum absolute atomic E-state index is 10.5. The highest BCUT2D eigenvalue weighted by molar-refractivity contribution is 14.0. The Morgan fingerprint density at radius 1 is 1.04 bits per heavy atom. The molecule has 1 aliphatic heterocycles. The first kappa shape index (κ1) is 19.3. The molecule has 0 aromatic rings. The van der Waals surface area contributed by atoms with Crippen LogP contribution in [0.3, 0.4) is 0 Å². The molecule has 3 aliphatic rings. The van der Waals surface area contributed by atoms with Crippen molar-refractivity contribution in [3.63, 3.8) is 0 Å². The van der Waals surface area contributed by atoms with Crippen LogP contribution >= 0.6 is 24.0 Å². The lowest BCUT2D eigenvalue weighted by Gasteiger charge is -2.34. The Labute approximate surface area is 158 Å². The Bertz CT molecular complexity index is 401. The molecule has 0 atom stereocenters. The Morgan fingerprint density at radius 3 is 2.35 bits per heavy atom. The van der Waals surface area contributed by atoms with Crippen molar-refractivity contribution in [1.29, 1.82) is 0 Å². The van der Waals surface area contributed by atoms with Gasteiger partial charge in [-0.05, 0) is 44.4 Å². The number of nitrogens with zero attached hydrogens (tertiary/aromatic N) is 2. The molecular weight excluding hydrogens is 401 g/mol. The second kappa shape index (κ2) is 8.37. The predicted molar refractivity (Wildman–Crippen MR) is 107 cm³/mol. The molecule has 0 aromatic carbocycles. The van der Waals surface area contributed by atoms with Gasteiger partial charge in [-0.3, -0.25) is 4.99 Å². The van der Waals surface area contributed by atoms with Gasteiger partial charge in [-0.2, -0.15) is 0 Å². The Balaban J connectivity index is 0.00000192. The molecular formula is C18H34IN3O. The largest absolute Gasteiger partial charge is 0.388 e. The first-order valence-electron chi connectivity index (χ1n) is 9.41. The topological polar surface area (TPSA) is 47.9 Å². The number of hydrogen-bond acceptors (Lipinski definition) is 2. The monoisotopic (exact) mass is 435 g/mol. The molecule has 1 heterocycles. The second-order valence-corrected chi connectivity index (χ2v) is 7.83. The summed E-state index contributed by atoms with van der Waals surface area (Å²) in [6.45, 7) is 5.90. The van der Waals surface area contributed by atoms with Crippen LogP contribution in [0.2, 0.25) is 0 Å². The third kappa shape index (κ3) is 4.74. The number of halogens is 1. The molecule has 3 fully saturated rings. The summed E-state index contributed by atoms with van der Waals surface area (Å²) >= 11 is 0. The van der Waals surface area contributed by atoms with Gasteiger partial charge in [-0.1, -0.05) is 32.1 Å². The van der Waals surface area contributed by atoms with Crippen molar-refractivity contribution >= 4 is 29.9 Å². The highest BCUT2D eigenvalue weighted by atomic mass is 127. The fourth-order valence-electron chi connectivity index (χ4n) is 4.66. The van der Waals surface area contributed by atoms with Crippen molar-refractivity contribution in [2.24, 2.45) is 10.4 Å². The zero-order chi connectivity index (χ0) is 15.5. The average molecular weight is 435 g/mol. The Morgan fingerprint density at radius 2 is 1.70 bits per heavy atom. The number of aliphatic imine (C=N–C) groups is 1. The summed E-state index contributed by atoms with van der Waals surface area (Å²) in [7, 11) is 0. The molecule has 4 nitrogen and oxygen atoms in total. The van der Waals surface area contributed by atoms with E-state index in [1.807, 2.05) is 0 Å². The van der Waals surface area contributed by atoms with Gasteiger partial charge in [0.25, 0.3) is 0 Å². The molecule has 0 bridgehead atoms. The van der Waals surface area contributed by atoms with Gasteiger partial charge in [0.1, 0.15) is 0 Å². The first-order chi connectivity index (χ1) is 10.6. The van der Waals surface area contributed by atoms with Gasteiger partial charge in [0, 0.05) is 19.6 Å². The van der Waals surface area contributed by atoms with E-state index in [9.17, 15) is 5.11 Å². The number of rotatable bonds is 3. The molecule has 3 rings (SSSR count). The fraction of sp³-hybridized carbons (Fsp3) is 0.944. The van der Waals surface area contributed by atoms with Crippen LogP contribution in [0.15, 0.2) is 4.99 Å². The highest BCUT2D eigenvalue weighted by Crippen LogP contribution is 2.43. The molecule has 134 valence electrons. The van der Waals surface area contributed by atoms with Gasteiger partial charge in [0.05, 0.1) is 12.1 Å². The zero-order valence-corrected chi connectivity index (χ0v) is 17.0. The van der Waals surface area contributed by atoms with Crippen LogP contribution in [0.25, 0.3) is 0 Å². The third-order valence-electron chi connectivity index (χ3n) is 6.04. The molecule has 0 amide bonds. The molecule has 1 saturated heterocycles. The number of likely N-dealkylation sites (tertiary alicyclic amines) is 1. The van der Waals surface area contributed by atoms with Crippen molar-refractivity contribution in [1.82, 2.24) is 10.2 Å². The van der Waals surface area contributed by atoms with Crippen LogP contribution in [0.5, 0.6) is 0 Å². The van der Waals surface area contributed by atoms with E-state index < -0.39 is 5.60 Å². The molecule has 23 heavy (non-hydrogen) atoms. The van der Waals surface area contributed by atoms with Crippen molar-refractivity contribution in [3.8, 4) is 0 Å². The van der Waals surface area contributed by atoms with E-state index in [-0.39, 0.29) is 24.0 Å². The summed E-state index contributed by atoms with van der Waals surface area (Å²) in [5.74, 6) is 1.03. The first-order valence-corrected chi connectivity index (χ1v) is 9.41. The Kier molecular flexibility index (Phi) is 7.01. The van der Waals surface area contributed by atoms with Gasteiger partial charge in [-0.25, -0.2) is 0 Å². The summed E-state index contributed by atoms with van der Waals surface area (Å²) in [4.78, 5) is 7.26. The van der Waals surface area contributed by atoms with E-state index in [1.165, 1.54) is 38.5 Å². The minimum Gasteiger partial charge on any atom is -0.388 e. The van der Waals surface area contributed by atoms with E-state index in [4.69, 9.17) is 4.99 Å². The van der Waals surface area contributed by atoms with Crippen LogP contribution in [0.4, 0.5) is 0 Å². The van der Waals surface area contributed by atoms with Crippen LogP contribution in [0.1, 0.15) is 71.1 Å². The molecule has 2 saturated carbocycles. The van der Waals surface area contributed by atoms with E-state index in [0.29, 0.717) is 12.0 Å². The second-order valence-electron chi connectivity index (χ2n) is 7.83. The van der Waals surface area contributed by atoms with Gasteiger partial charge >= 0.3 is 0 Å². The zero-order valence-electron chi connectivity index (χ0n) is 14.6. The lowest BCUT2D eigenvalue weighted by atomic mass is 9.73. The number of nitrogens with one attached hydrogen (secondary N) is 1. The van der Waals surface area contributed by atoms with Gasteiger partial charge in [0.15, 0.2) is 5.96 Å². The summed E-state index contributed by atoms with van der Waals surface area (Å²) in [6, 6.07) is 0. The van der Waals surface area contributed by atoms with Crippen LogP contribution < -0.4 is 5.32 Å². The number of aliphatic hydroxyl groups is 1. The molecule has 2 aliphatic carbocycles.